The highest BCUT2D eigenvalue weighted by molar-refractivity contribution is 6.22. The van der Waals surface area contributed by atoms with E-state index in [1.54, 1.807) is 0 Å². The van der Waals surface area contributed by atoms with Crippen LogP contribution in [-0.2, 0) is 4.46 Å². The third-order valence-corrected chi connectivity index (χ3v) is 0. The molecule has 0 rings (SSSR count). The first-order valence-corrected chi connectivity index (χ1v) is 1.95. The average Bonchev–Trinajstić information content (AvgIpc) is 0.811. The van der Waals surface area contributed by atoms with Crippen LogP contribution in [0.4, 0.5) is 0 Å². The van der Waals surface area contributed by atoms with Crippen LogP contribution in [0.15, 0.2) is 0 Å². The van der Waals surface area contributed by atoms with Crippen LogP contribution in [0, 0.1) is 0 Å². The molecule has 0 aromatic carbocycles. The van der Waals surface area contributed by atoms with Crippen LogP contribution in [-0.4, -0.2) is 18.8 Å². The van der Waals surface area contributed by atoms with E-state index in [-0.39, 0.29) is 1.43 Å². The van der Waals surface area contributed by atoms with E-state index < -0.39 is 9.17 Å². The van der Waals surface area contributed by atoms with Gasteiger partial charge in [0.25, 0.3) is 0 Å². The number of rotatable bonds is 0. The second-order valence-corrected chi connectivity index (χ2v) is 0.848. The predicted octanol–water partition coefficient (Wildman–Crippen LogP) is -1.37. The largest absolute Gasteiger partial charge is 0.761 e. The molecule has 3 nitrogen and oxygen atoms in total. The van der Waals surface area contributed by atoms with E-state index in [0.29, 0.717) is 0 Å². The molecule has 0 amide bonds. The summed E-state index contributed by atoms with van der Waals surface area (Å²) < 4.78 is 8.74. The summed E-state index contributed by atoms with van der Waals surface area (Å²) in [6, 6.07) is 0. The zero-order valence-corrected chi connectivity index (χ0v) is 2.80. The van der Waals surface area contributed by atoms with Crippen molar-refractivity contribution in [1.29, 1.82) is 0 Å². The minimum Gasteiger partial charge on any atom is -0.511 e. The summed E-state index contributed by atoms with van der Waals surface area (Å²) in [6.45, 7) is 0. The van der Waals surface area contributed by atoms with Gasteiger partial charge in [-0.3, -0.25) is 4.46 Å². The summed E-state index contributed by atoms with van der Waals surface area (Å²) in [7, 11) is -3.13. The van der Waals surface area contributed by atoms with Crippen molar-refractivity contribution >= 4 is 9.17 Å². The molecule has 0 aliphatic heterocycles. The summed E-state index contributed by atoms with van der Waals surface area (Å²) in [5, 5.41) is 0. The first-order chi connectivity index (χ1) is 1.73. The van der Waals surface area contributed by atoms with Gasteiger partial charge in [0.1, 0.15) is 0 Å². The fourth-order valence-corrected chi connectivity index (χ4v) is 0. The predicted molar refractivity (Wildman–Crippen MR) is 13.0 cm³/mol. The van der Waals surface area contributed by atoms with E-state index in [4.69, 9.17) is 14.1 Å². The van der Waals surface area contributed by atoms with E-state index in [9.17, 15) is 0 Å². The average molecular weight is 80.1 g/mol. The van der Waals surface area contributed by atoms with Crippen LogP contribution in [0.2, 0.25) is 0 Å². The zero-order valence-electron chi connectivity index (χ0n) is 1.80. The topological polar surface area (TPSA) is 57.5 Å². The Balaban J connectivity index is 0. The van der Waals surface area contributed by atoms with Crippen LogP contribution in [0.1, 0.15) is 1.43 Å². The molecule has 2 N–H and O–H groups in total. The fourth-order valence-electron chi connectivity index (χ4n) is 0. The van der Waals surface area contributed by atoms with Crippen LogP contribution in [0.25, 0.3) is 0 Å². The zero-order chi connectivity index (χ0) is 3.58. The molecule has 0 saturated carbocycles. The second-order valence-electron chi connectivity index (χ2n) is 0.283. The van der Waals surface area contributed by atoms with Crippen LogP contribution < -0.4 is 0 Å². The lowest BCUT2D eigenvalue weighted by Gasteiger charge is -1.55. The summed E-state index contributed by atoms with van der Waals surface area (Å²) >= 11 is 0. The van der Waals surface area contributed by atoms with Crippen LogP contribution in [0.3, 0.4) is 0 Å². The third kappa shape index (κ3) is 4.19. The molecule has 0 radical (unpaired) electrons. The molecule has 0 bridgehead atoms. The van der Waals surface area contributed by atoms with E-state index in [1.807, 2.05) is 0 Å². The van der Waals surface area contributed by atoms with E-state index >= 15 is 0 Å². The van der Waals surface area contributed by atoms with E-state index in [0.717, 1.165) is 0 Å². The molecule has 0 atom stereocenters. The highest BCUT2D eigenvalue weighted by atomic mass is 28.3. The maximum Gasteiger partial charge on any atom is 0.761 e. The van der Waals surface area contributed by atoms with Crippen molar-refractivity contribution in [3.05, 3.63) is 0 Å². The minimum absolute atomic E-state index is 0. The summed E-state index contributed by atoms with van der Waals surface area (Å²) in [5.41, 5.74) is 0. The van der Waals surface area contributed by atoms with Crippen molar-refractivity contribution in [2.24, 2.45) is 0 Å². The quantitative estimate of drug-likeness (QED) is 0.353. The smallest absolute Gasteiger partial charge is 0.511 e. The SMILES string of the molecule is O=[Si](O)O.[HH]. The Hall–Kier alpha value is -0.383. The highest BCUT2D eigenvalue weighted by Gasteiger charge is 1.85. The lowest BCUT2D eigenvalue weighted by molar-refractivity contribution is 0.330. The molecule has 0 saturated heterocycles. The molecular formula is H4O3Si. The van der Waals surface area contributed by atoms with Gasteiger partial charge in [0, 0.05) is 1.43 Å². The standard InChI is InChI=1S/H2O3Si.H2/c1-4(2)3;/h1-2H;1H. The van der Waals surface area contributed by atoms with E-state index in [2.05, 4.69) is 0 Å². The second kappa shape index (κ2) is 0.999. The molecule has 0 heterocycles. The Labute approximate surface area is 25.9 Å². The molecular weight excluding hydrogens is 76.1 g/mol. The highest BCUT2D eigenvalue weighted by Crippen LogP contribution is 1.27. The van der Waals surface area contributed by atoms with Gasteiger partial charge in [-0.15, -0.1) is 0 Å². The Morgan fingerprint density at radius 2 is 1.75 bits per heavy atom. The molecule has 26 valence electrons. The van der Waals surface area contributed by atoms with Crippen LogP contribution >= 0.6 is 0 Å². The first-order valence-electron chi connectivity index (χ1n) is 0.651. The van der Waals surface area contributed by atoms with Crippen molar-refractivity contribution in [3.63, 3.8) is 0 Å². The summed E-state index contributed by atoms with van der Waals surface area (Å²) in [6.07, 6.45) is 0. The Morgan fingerprint density at radius 1 is 1.75 bits per heavy atom. The minimum atomic E-state index is -3.13. The molecule has 0 aliphatic carbocycles. The van der Waals surface area contributed by atoms with Gasteiger partial charge in [0.05, 0.1) is 0 Å². The van der Waals surface area contributed by atoms with Gasteiger partial charge in [-0.05, 0) is 0 Å². The van der Waals surface area contributed by atoms with Gasteiger partial charge < -0.3 is 9.59 Å². The van der Waals surface area contributed by atoms with Crippen molar-refractivity contribution in [1.82, 2.24) is 0 Å². The van der Waals surface area contributed by atoms with Gasteiger partial charge in [0.15, 0.2) is 0 Å². The lowest BCUT2D eigenvalue weighted by atomic mass is 15.8. The number of hydrogen-bond donors (Lipinski definition) is 2. The van der Waals surface area contributed by atoms with Gasteiger partial charge in [-0.1, -0.05) is 0 Å². The molecule has 0 spiro atoms. The van der Waals surface area contributed by atoms with Crippen molar-refractivity contribution in [2.75, 3.05) is 0 Å². The fraction of sp³-hybridized carbons (Fsp3) is 0. The number of hydrogen-bond acceptors (Lipinski definition) is 1. The Morgan fingerprint density at radius 3 is 1.75 bits per heavy atom. The maximum atomic E-state index is 8.74. The van der Waals surface area contributed by atoms with E-state index in [1.165, 1.54) is 0 Å². The lowest BCUT2D eigenvalue weighted by Crippen LogP contribution is -1.90. The van der Waals surface area contributed by atoms with Gasteiger partial charge >= 0.3 is 9.17 Å². The molecule has 4 heavy (non-hydrogen) atoms. The van der Waals surface area contributed by atoms with Gasteiger partial charge in [0.2, 0.25) is 0 Å². The molecule has 0 fully saturated rings. The normalized spacial score (nSPS) is 6.00. The van der Waals surface area contributed by atoms with Crippen LogP contribution in [0.5, 0.6) is 0 Å². The first kappa shape index (κ1) is 3.62. The van der Waals surface area contributed by atoms with Gasteiger partial charge in [-0.25, -0.2) is 0 Å². The maximum absolute atomic E-state index is 8.74. The Kier molecular flexibility index (Phi) is 0.903. The molecule has 0 aromatic heterocycles. The molecule has 0 aromatic rings. The Bertz CT molecular complexity index is 29.9. The van der Waals surface area contributed by atoms with Crippen molar-refractivity contribution in [3.8, 4) is 0 Å². The molecule has 0 aliphatic rings. The monoisotopic (exact) mass is 80.0 g/mol. The molecule has 0 unspecified atom stereocenters. The van der Waals surface area contributed by atoms with Crippen molar-refractivity contribution in [2.45, 2.75) is 0 Å². The third-order valence-electron chi connectivity index (χ3n) is 0. The summed E-state index contributed by atoms with van der Waals surface area (Å²) in [5.74, 6) is 0. The molecule has 4 heteroatoms. The van der Waals surface area contributed by atoms with Crippen molar-refractivity contribution < 1.29 is 15.5 Å². The summed E-state index contributed by atoms with van der Waals surface area (Å²) in [4.78, 5) is 14.3. The van der Waals surface area contributed by atoms with Gasteiger partial charge in [-0.2, -0.15) is 0 Å².